The van der Waals surface area contributed by atoms with Crippen LogP contribution in [0, 0.1) is 10.1 Å². The molecule has 1 unspecified atom stereocenters. The molecule has 0 aliphatic rings. The number of hydrogen-bond acceptors (Lipinski definition) is 4. The summed E-state index contributed by atoms with van der Waals surface area (Å²) in [4.78, 5) is 9.69. The molecule has 0 aliphatic heterocycles. The molecule has 0 aromatic carbocycles. The van der Waals surface area contributed by atoms with E-state index >= 15 is 0 Å². The van der Waals surface area contributed by atoms with E-state index in [1.54, 1.807) is 6.92 Å². The second-order valence-electron chi connectivity index (χ2n) is 2.47. The molecular weight excluding hydrogens is 162 g/mol. The average Bonchev–Trinajstić information content (AvgIpc) is 2.51. The lowest BCUT2D eigenvalue weighted by Crippen LogP contribution is -2.09. The number of rotatable bonds is 3. The molecule has 66 valence electrons. The molecule has 1 aromatic rings. The van der Waals surface area contributed by atoms with Gasteiger partial charge in [0.2, 0.25) is 0 Å². The van der Waals surface area contributed by atoms with Crippen LogP contribution in [0.15, 0.2) is 12.4 Å². The first-order chi connectivity index (χ1) is 5.65. The molecule has 0 bridgehead atoms. The van der Waals surface area contributed by atoms with Crippen LogP contribution < -0.4 is 0 Å². The van der Waals surface area contributed by atoms with Crippen LogP contribution in [-0.2, 0) is 0 Å². The van der Waals surface area contributed by atoms with E-state index < -0.39 is 4.92 Å². The first-order valence-electron chi connectivity index (χ1n) is 3.44. The minimum Gasteiger partial charge on any atom is -0.394 e. The summed E-state index contributed by atoms with van der Waals surface area (Å²) in [6, 6.07) is -0.223. The molecule has 1 heterocycles. The van der Waals surface area contributed by atoms with Gasteiger partial charge in [-0.25, -0.2) is 0 Å². The minimum atomic E-state index is -0.520. The summed E-state index contributed by atoms with van der Waals surface area (Å²) in [6.07, 6.45) is 2.45. The Bertz CT molecular complexity index is 283. The predicted octanol–water partition coefficient (Wildman–Crippen LogP) is 0.345. The molecule has 6 nitrogen and oxygen atoms in total. The molecule has 0 aliphatic carbocycles. The summed E-state index contributed by atoms with van der Waals surface area (Å²) in [5.41, 5.74) is -0.0599. The van der Waals surface area contributed by atoms with Crippen molar-refractivity contribution >= 4 is 5.69 Å². The summed E-state index contributed by atoms with van der Waals surface area (Å²) in [5, 5.41) is 22.6. The molecule has 1 N–H and O–H groups in total. The third kappa shape index (κ3) is 1.59. The summed E-state index contributed by atoms with van der Waals surface area (Å²) in [6.45, 7) is 1.63. The maximum Gasteiger partial charge on any atom is 0.307 e. The summed E-state index contributed by atoms with van der Waals surface area (Å²) < 4.78 is 1.36. The van der Waals surface area contributed by atoms with E-state index in [2.05, 4.69) is 5.10 Å². The fourth-order valence-corrected chi connectivity index (χ4v) is 0.747. The first kappa shape index (κ1) is 8.66. The third-order valence-electron chi connectivity index (χ3n) is 1.51. The van der Waals surface area contributed by atoms with Crippen LogP contribution in [-0.4, -0.2) is 26.4 Å². The Kier molecular flexibility index (Phi) is 2.39. The molecule has 1 rings (SSSR count). The molecule has 6 heteroatoms. The Morgan fingerprint density at radius 2 is 2.58 bits per heavy atom. The topological polar surface area (TPSA) is 81.2 Å². The second-order valence-corrected chi connectivity index (χ2v) is 2.47. The lowest BCUT2D eigenvalue weighted by Gasteiger charge is -2.05. The Balaban J connectivity index is 2.84. The molecule has 0 saturated heterocycles. The Morgan fingerprint density at radius 3 is 3.00 bits per heavy atom. The number of nitro groups is 1. The van der Waals surface area contributed by atoms with Crippen molar-refractivity contribution in [2.24, 2.45) is 0 Å². The summed E-state index contributed by atoms with van der Waals surface area (Å²) >= 11 is 0. The quantitative estimate of drug-likeness (QED) is 0.525. The predicted molar refractivity (Wildman–Crippen MR) is 40.7 cm³/mol. The molecule has 0 spiro atoms. The van der Waals surface area contributed by atoms with Crippen molar-refractivity contribution in [3.63, 3.8) is 0 Å². The van der Waals surface area contributed by atoms with Crippen molar-refractivity contribution in [2.75, 3.05) is 6.61 Å². The standard InChI is InChI=1S/C6H9N3O3/c1-5(4-10)8-3-6(2-7-8)9(11)12/h2-3,5,10H,4H2,1H3. The lowest BCUT2D eigenvalue weighted by atomic mass is 10.4. The fourth-order valence-electron chi connectivity index (χ4n) is 0.747. The van der Waals surface area contributed by atoms with Gasteiger partial charge in [0.1, 0.15) is 12.4 Å². The molecular formula is C6H9N3O3. The van der Waals surface area contributed by atoms with E-state index in [4.69, 9.17) is 5.11 Å². The zero-order chi connectivity index (χ0) is 9.14. The van der Waals surface area contributed by atoms with Crippen LogP contribution in [0.5, 0.6) is 0 Å². The van der Waals surface area contributed by atoms with Crippen molar-refractivity contribution < 1.29 is 10.0 Å². The second kappa shape index (κ2) is 3.31. The lowest BCUT2D eigenvalue weighted by molar-refractivity contribution is -0.385. The number of aliphatic hydroxyl groups excluding tert-OH is 1. The van der Waals surface area contributed by atoms with Crippen LogP contribution in [0.1, 0.15) is 13.0 Å². The van der Waals surface area contributed by atoms with Crippen LogP contribution in [0.4, 0.5) is 5.69 Å². The van der Waals surface area contributed by atoms with E-state index in [9.17, 15) is 10.1 Å². The van der Waals surface area contributed by atoms with Crippen LogP contribution >= 0.6 is 0 Å². The van der Waals surface area contributed by atoms with Gasteiger partial charge in [0.25, 0.3) is 0 Å². The molecule has 0 amide bonds. The van der Waals surface area contributed by atoms with Gasteiger partial charge in [-0.2, -0.15) is 5.10 Å². The highest BCUT2D eigenvalue weighted by Crippen LogP contribution is 2.11. The maximum absolute atomic E-state index is 10.2. The van der Waals surface area contributed by atoms with Gasteiger partial charge in [-0.3, -0.25) is 14.8 Å². The van der Waals surface area contributed by atoms with Gasteiger partial charge in [-0.05, 0) is 6.92 Å². The monoisotopic (exact) mass is 171 g/mol. The average molecular weight is 171 g/mol. The molecule has 1 atom stereocenters. The van der Waals surface area contributed by atoms with E-state index in [1.165, 1.54) is 10.9 Å². The number of aliphatic hydroxyl groups is 1. The number of nitrogens with zero attached hydrogens (tertiary/aromatic N) is 3. The third-order valence-corrected chi connectivity index (χ3v) is 1.51. The number of hydrogen-bond donors (Lipinski definition) is 1. The minimum absolute atomic E-state index is 0.0599. The fraction of sp³-hybridized carbons (Fsp3) is 0.500. The van der Waals surface area contributed by atoms with E-state index in [-0.39, 0.29) is 18.3 Å². The van der Waals surface area contributed by atoms with Gasteiger partial charge in [-0.15, -0.1) is 0 Å². The van der Waals surface area contributed by atoms with E-state index in [0.717, 1.165) is 6.20 Å². The van der Waals surface area contributed by atoms with Crippen molar-refractivity contribution in [2.45, 2.75) is 13.0 Å². The molecule has 0 radical (unpaired) electrons. The Labute approximate surface area is 68.6 Å². The van der Waals surface area contributed by atoms with Crippen molar-refractivity contribution in [1.82, 2.24) is 9.78 Å². The normalized spacial score (nSPS) is 12.8. The van der Waals surface area contributed by atoms with E-state index in [1.807, 2.05) is 0 Å². The summed E-state index contributed by atoms with van der Waals surface area (Å²) in [7, 11) is 0. The van der Waals surface area contributed by atoms with Gasteiger partial charge < -0.3 is 5.11 Å². The maximum atomic E-state index is 10.2. The van der Waals surface area contributed by atoms with Gasteiger partial charge in [0, 0.05) is 0 Å². The van der Waals surface area contributed by atoms with Gasteiger partial charge >= 0.3 is 5.69 Å². The van der Waals surface area contributed by atoms with Gasteiger partial charge in [-0.1, -0.05) is 0 Å². The molecule has 12 heavy (non-hydrogen) atoms. The van der Waals surface area contributed by atoms with Crippen LogP contribution in [0.3, 0.4) is 0 Å². The van der Waals surface area contributed by atoms with Crippen molar-refractivity contribution in [3.8, 4) is 0 Å². The first-order valence-corrected chi connectivity index (χ1v) is 3.44. The highest BCUT2D eigenvalue weighted by atomic mass is 16.6. The number of aromatic nitrogens is 2. The van der Waals surface area contributed by atoms with Crippen LogP contribution in [0.25, 0.3) is 0 Å². The van der Waals surface area contributed by atoms with E-state index in [0.29, 0.717) is 0 Å². The zero-order valence-corrected chi connectivity index (χ0v) is 6.54. The molecule has 0 fully saturated rings. The zero-order valence-electron chi connectivity index (χ0n) is 6.54. The Morgan fingerprint density at radius 1 is 1.92 bits per heavy atom. The Hall–Kier alpha value is -1.43. The highest BCUT2D eigenvalue weighted by molar-refractivity contribution is 5.20. The van der Waals surface area contributed by atoms with Crippen LogP contribution in [0.2, 0.25) is 0 Å². The molecule has 0 saturated carbocycles. The largest absolute Gasteiger partial charge is 0.394 e. The van der Waals surface area contributed by atoms with Crippen molar-refractivity contribution in [3.05, 3.63) is 22.5 Å². The molecule has 1 aromatic heterocycles. The van der Waals surface area contributed by atoms with Crippen molar-refractivity contribution in [1.29, 1.82) is 0 Å². The van der Waals surface area contributed by atoms with Gasteiger partial charge in [0.15, 0.2) is 0 Å². The smallest absolute Gasteiger partial charge is 0.307 e. The SMILES string of the molecule is CC(CO)n1cc([N+](=O)[O-])cn1. The van der Waals surface area contributed by atoms with Gasteiger partial charge in [0.05, 0.1) is 17.6 Å². The summed E-state index contributed by atoms with van der Waals surface area (Å²) in [5.74, 6) is 0. The highest BCUT2D eigenvalue weighted by Gasteiger charge is 2.11.